The van der Waals surface area contributed by atoms with Crippen LogP contribution in [0.1, 0.15) is 28.3 Å². The summed E-state index contributed by atoms with van der Waals surface area (Å²) in [6.07, 6.45) is 0. The third-order valence-electron chi connectivity index (χ3n) is 3.28. The largest absolute Gasteiger partial charge is 0.496 e. The van der Waals surface area contributed by atoms with Gasteiger partial charge in [-0.05, 0) is 37.1 Å². The molecule has 2 aromatic rings. The summed E-state index contributed by atoms with van der Waals surface area (Å²) < 4.78 is 19.1. The van der Waals surface area contributed by atoms with Crippen molar-refractivity contribution >= 4 is 0 Å². The first-order chi connectivity index (χ1) is 9.02. The Balaban J connectivity index is 2.43. The van der Waals surface area contributed by atoms with Crippen molar-refractivity contribution in [1.29, 1.82) is 0 Å². The number of hydrogen-bond donors (Lipinski definition) is 1. The quantitative estimate of drug-likeness (QED) is 0.915. The number of hydrogen-bond acceptors (Lipinski definition) is 2. The van der Waals surface area contributed by atoms with Crippen LogP contribution in [-0.2, 0) is 0 Å². The fourth-order valence-electron chi connectivity index (χ4n) is 2.11. The summed E-state index contributed by atoms with van der Waals surface area (Å²) in [5, 5.41) is 0. The predicted octanol–water partition coefficient (Wildman–Crippen LogP) is 3.50. The summed E-state index contributed by atoms with van der Waals surface area (Å²) in [7, 11) is 1.62. The Kier molecular flexibility index (Phi) is 3.86. The number of benzene rings is 2. The minimum atomic E-state index is -0.491. The van der Waals surface area contributed by atoms with Gasteiger partial charge in [0.05, 0.1) is 13.2 Å². The van der Waals surface area contributed by atoms with Crippen LogP contribution in [0.25, 0.3) is 0 Å². The summed E-state index contributed by atoms with van der Waals surface area (Å²) in [5.41, 5.74) is 9.53. The van der Waals surface area contributed by atoms with Gasteiger partial charge in [0.2, 0.25) is 0 Å². The normalized spacial score (nSPS) is 12.3. The molecule has 0 aliphatic carbocycles. The van der Waals surface area contributed by atoms with Crippen molar-refractivity contribution in [2.75, 3.05) is 7.11 Å². The topological polar surface area (TPSA) is 35.2 Å². The number of aryl methyl sites for hydroxylation is 2. The first-order valence-corrected chi connectivity index (χ1v) is 6.19. The molecule has 0 aliphatic heterocycles. The van der Waals surface area contributed by atoms with Crippen molar-refractivity contribution in [1.82, 2.24) is 0 Å². The SMILES string of the molecule is COc1cc(C(N)c2cc(C)ccc2F)ccc1C. The molecular weight excluding hydrogens is 241 g/mol. The van der Waals surface area contributed by atoms with Gasteiger partial charge < -0.3 is 10.5 Å². The first-order valence-electron chi connectivity index (χ1n) is 6.19. The molecule has 0 fully saturated rings. The van der Waals surface area contributed by atoms with E-state index in [9.17, 15) is 4.39 Å². The highest BCUT2D eigenvalue weighted by Gasteiger charge is 2.15. The van der Waals surface area contributed by atoms with Crippen molar-refractivity contribution in [3.05, 3.63) is 64.5 Å². The second-order valence-electron chi connectivity index (χ2n) is 4.73. The van der Waals surface area contributed by atoms with Gasteiger partial charge >= 0.3 is 0 Å². The maximum atomic E-state index is 13.9. The van der Waals surface area contributed by atoms with E-state index in [1.54, 1.807) is 19.2 Å². The molecule has 0 amide bonds. The summed E-state index contributed by atoms with van der Waals surface area (Å²) in [4.78, 5) is 0. The Morgan fingerprint density at radius 3 is 2.53 bits per heavy atom. The van der Waals surface area contributed by atoms with Crippen LogP contribution in [0.5, 0.6) is 5.75 Å². The fraction of sp³-hybridized carbons (Fsp3) is 0.250. The van der Waals surface area contributed by atoms with Crippen LogP contribution in [0.15, 0.2) is 36.4 Å². The minimum Gasteiger partial charge on any atom is -0.496 e. The van der Waals surface area contributed by atoms with Gasteiger partial charge in [0, 0.05) is 5.56 Å². The third kappa shape index (κ3) is 2.76. The van der Waals surface area contributed by atoms with Gasteiger partial charge in [-0.1, -0.05) is 29.8 Å². The summed E-state index contributed by atoms with van der Waals surface area (Å²) in [6.45, 7) is 3.88. The summed E-state index contributed by atoms with van der Waals surface area (Å²) >= 11 is 0. The van der Waals surface area contributed by atoms with Crippen LogP contribution >= 0.6 is 0 Å². The van der Waals surface area contributed by atoms with Crippen LogP contribution in [0, 0.1) is 19.7 Å². The predicted molar refractivity (Wildman–Crippen MR) is 74.9 cm³/mol. The van der Waals surface area contributed by atoms with Gasteiger partial charge in [-0.2, -0.15) is 0 Å². The van der Waals surface area contributed by atoms with E-state index >= 15 is 0 Å². The molecule has 100 valence electrons. The summed E-state index contributed by atoms with van der Waals surface area (Å²) in [6, 6.07) is 10.2. The first kappa shape index (κ1) is 13.6. The van der Waals surface area contributed by atoms with Crippen molar-refractivity contribution in [2.45, 2.75) is 19.9 Å². The molecule has 0 aliphatic rings. The number of methoxy groups -OCH3 is 1. The van der Waals surface area contributed by atoms with Crippen LogP contribution in [0.3, 0.4) is 0 Å². The zero-order chi connectivity index (χ0) is 14.0. The highest BCUT2D eigenvalue weighted by atomic mass is 19.1. The number of rotatable bonds is 3. The Morgan fingerprint density at radius 1 is 1.11 bits per heavy atom. The Morgan fingerprint density at radius 2 is 1.84 bits per heavy atom. The highest BCUT2D eigenvalue weighted by molar-refractivity contribution is 5.41. The molecule has 0 spiro atoms. The molecule has 3 heteroatoms. The van der Waals surface area contributed by atoms with E-state index in [1.807, 2.05) is 32.0 Å². The lowest BCUT2D eigenvalue weighted by Gasteiger charge is -2.16. The second-order valence-corrected chi connectivity index (χ2v) is 4.73. The molecule has 2 rings (SSSR count). The van der Waals surface area contributed by atoms with Gasteiger partial charge in [0.25, 0.3) is 0 Å². The van der Waals surface area contributed by atoms with E-state index < -0.39 is 6.04 Å². The van der Waals surface area contributed by atoms with E-state index in [4.69, 9.17) is 10.5 Å². The molecule has 0 aromatic heterocycles. The zero-order valence-electron chi connectivity index (χ0n) is 11.4. The van der Waals surface area contributed by atoms with Gasteiger partial charge in [-0.15, -0.1) is 0 Å². The van der Waals surface area contributed by atoms with Crippen molar-refractivity contribution in [2.24, 2.45) is 5.73 Å². The van der Waals surface area contributed by atoms with Crippen molar-refractivity contribution in [3.63, 3.8) is 0 Å². The van der Waals surface area contributed by atoms with Gasteiger partial charge in [0.1, 0.15) is 11.6 Å². The monoisotopic (exact) mass is 259 g/mol. The standard InChI is InChI=1S/C16H18FNO/c1-10-4-7-14(17)13(8-10)16(18)12-6-5-11(2)15(9-12)19-3/h4-9,16H,18H2,1-3H3. The lowest BCUT2D eigenvalue weighted by molar-refractivity contribution is 0.411. The van der Waals surface area contributed by atoms with Crippen molar-refractivity contribution < 1.29 is 9.13 Å². The Bertz CT molecular complexity index is 595. The number of halogens is 1. The average Bonchev–Trinajstić information content (AvgIpc) is 2.41. The highest BCUT2D eigenvalue weighted by Crippen LogP contribution is 2.27. The lowest BCUT2D eigenvalue weighted by Crippen LogP contribution is -2.14. The molecule has 0 saturated carbocycles. The van der Waals surface area contributed by atoms with Crippen LogP contribution in [0.4, 0.5) is 4.39 Å². The Labute approximate surface area is 113 Å². The van der Waals surface area contributed by atoms with E-state index in [1.165, 1.54) is 6.07 Å². The minimum absolute atomic E-state index is 0.280. The lowest BCUT2D eigenvalue weighted by atomic mass is 9.96. The molecule has 0 saturated heterocycles. The molecule has 19 heavy (non-hydrogen) atoms. The number of ether oxygens (including phenoxy) is 1. The maximum Gasteiger partial charge on any atom is 0.128 e. The van der Waals surface area contributed by atoms with Crippen LogP contribution in [-0.4, -0.2) is 7.11 Å². The number of nitrogens with two attached hydrogens (primary N) is 1. The average molecular weight is 259 g/mol. The van der Waals surface area contributed by atoms with Crippen LogP contribution < -0.4 is 10.5 Å². The van der Waals surface area contributed by atoms with E-state index in [0.717, 1.165) is 22.4 Å². The molecule has 0 heterocycles. The van der Waals surface area contributed by atoms with Gasteiger partial charge in [-0.3, -0.25) is 0 Å². The molecule has 0 bridgehead atoms. The van der Waals surface area contributed by atoms with E-state index in [-0.39, 0.29) is 5.82 Å². The molecule has 1 unspecified atom stereocenters. The molecule has 2 aromatic carbocycles. The Hall–Kier alpha value is -1.87. The smallest absolute Gasteiger partial charge is 0.128 e. The second kappa shape index (κ2) is 5.41. The molecule has 1 atom stereocenters. The van der Waals surface area contributed by atoms with Crippen molar-refractivity contribution in [3.8, 4) is 5.75 Å². The fourth-order valence-corrected chi connectivity index (χ4v) is 2.11. The van der Waals surface area contributed by atoms with Gasteiger partial charge in [0.15, 0.2) is 0 Å². The van der Waals surface area contributed by atoms with Crippen LogP contribution in [0.2, 0.25) is 0 Å². The van der Waals surface area contributed by atoms with E-state index in [0.29, 0.717) is 5.56 Å². The molecule has 2 nitrogen and oxygen atoms in total. The van der Waals surface area contributed by atoms with Gasteiger partial charge in [-0.25, -0.2) is 4.39 Å². The molecular formula is C16H18FNO. The maximum absolute atomic E-state index is 13.9. The molecule has 2 N–H and O–H groups in total. The third-order valence-corrected chi connectivity index (χ3v) is 3.28. The zero-order valence-corrected chi connectivity index (χ0v) is 11.4. The molecule has 0 radical (unpaired) electrons. The summed E-state index contributed by atoms with van der Waals surface area (Å²) in [5.74, 6) is 0.485. The van der Waals surface area contributed by atoms with E-state index in [2.05, 4.69) is 0 Å².